The zero-order chi connectivity index (χ0) is 22.2. The number of hydrogen-bond donors (Lipinski definition) is 0. The quantitative estimate of drug-likeness (QED) is 0.456. The van der Waals surface area contributed by atoms with E-state index in [2.05, 4.69) is 20.9 Å². The van der Waals surface area contributed by atoms with Crippen molar-refractivity contribution in [1.29, 1.82) is 0 Å². The normalized spacial score (nSPS) is 15.3. The maximum Gasteiger partial charge on any atom is 0.246 e. The first-order chi connectivity index (χ1) is 14.8. The molecule has 1 aliphatic heterocycles. The minimum atomic E-state index is -3.70. The standard InChI is InChI=1S/C20H18BrClFN3O3S2/c1-29-18-3-2-14(21)10-19(18)31(27,28)26-6-4-25(5-7-26)20-24-17(12-30-20)13-8-15(22)11-16(23)9-13/h2-3,8-12H,4-7H2,1H3. The van der Waals surface area contributed by atoms with Crippen LogP contribution in [0.3, 0.4) is 0 Å². The average molecular weight is 547 g/mol. The minimum Gasteiger partial charge on any atom is -0.495 e. The zero-order valence-corrected chi connectivity index (χ0v) is 20.4. The number of benzene rings is 2. The summed E-state index contributed by atoms with van der Waals surface area (Å²) in [7, 11) is -2.25. The van der Waals surface area contributed by atoms with E-state index in [1.54, 1.807) is 24.3 Å². The SMILES string of the molecule is COc1ccc(Br)cc1S(=O)(=O)N1CCN(c2nc(-c3cc(F)cc(Cl)c3)cs2)CC1. The van der Waals surface area contributed by atoms with E-state index < -0.39 is 15.8 Å². The lowest BCUT2D eigenvalue weighted by Crippen LogP contribution is -2.48. The van der Waals surface area contributed by atoms with Crippen molar-refractivity contribution in [1.82, 2.24) is 9.29 Å². The van der Waals surface area contributed by atoms with Crippen LogP contribution in [0.5, 0.6) is 5.75 Å². The van der Waals surface area contributed by atoms with Crippen molar-refractivity contribution in [3.05, 3.63) is 57.1 Å². The molecule has 0 atom stereocenters. The second kappa shape index (κ2) is 9.03. The van der Waals surface area contributed by atoms with Gasteiger partial charge in [0.15, 0.2) is 5.13 Å². The lowest BCUT2D eigenvalue weighted by atomic mass is 10.2. The molecule has 0 N–H and O–H groups in total. The van der Waals surface area contributed by atoms with Gasteiger partial charge < -0.3 is 9.64 Å². The highest BCUT2D eigenvalue weighted by Crippen LogP contribution is 2.33. The van der Waals surface area contributed by atoms with Crippen LogP contribution in [-0.4, -0.2) is 51.0 Å². The second-order valence-corrected chi connectivity index (χ2v) is 11.0. The summed E-state index contributed by atoms with van der Waals surface area (Å²) < 4.78 is 47.3. The van der Waals surface area contributed by atoms with Gasteiger partial charge in [-0.3, -0.25) is 0 Å². The smallest absolute Gasteiger partial charge is 0.246 e. The van der Waals surface area contributed by atoms with Crippen molar-refractivity contribution in [2.45, 2.75) is 4.90 Å². The summed E-state index contributed by atoms with van der Waals surface area (Å²) in [4.78, 5) is 6.76. The number of anilines is 1. The maximum atomic E-state index is 13.7. The fourth-order valence-corrected chi connectivity index (χ4v) is 6.58. The molecule has 0 saturated carbocycles. The fraction of sp³-hybridized carbons (Fsp3) is 0.250. The Kier molecular flexibility index (Phi) is 6.55. The molecule has 164 valence electrons. The van der Waals surface area contributed by atoms with E-state index in [0.717, 1.165) is 5.13 Å². The number of sulfonamides is 1. The Bertz CT molecular complexity index is 1190. The number of thiazole rings is 1. The van der Waals surface area contributed by atoms with E-state index in [1.165, 1.54) is 34.9 Å². The molecule has 3 aromatic rings. The number of rotatable bonds is 5. The fourth-order valence-electron chi connectivity index (χ4n) is 3.35. The number of halogens is 3. The van der Waals surface area contributed by atoms with Crippen molar-refractivity contribution in [3.63, 3.8) is 0 Å². The van der Waals surface area contributed by atoms with Crippen molar-refractivity contribution in [2.24, 2.45) is 0 Å². The van der Waals surface area contributed by atoms with E-state index in [1.807, 2.05) is 10.3 Å². The summed E-state index contributed by atoms with van der Waals surface area (Å²) >= 11 is 10.7. The molecule has 2 aromatic carbocycles. The molecule has 0 spiro atoms. The van der Waals surface area contributed by atoms with Gasteiger partial charge in [0.25, 0.3) is 0 Å². The number of methoxy groups -OCH3 is 1. The monoisotopic (exact) mass is 545 g/mol. The highest BCUT2D eigenvalue weighted by atomic mass is 79.9. The lowest BCUT2D eigenvalue weighted by Gasteiger charge is -2.34. The number of ether oxygens (including phenoxy) is 1. The molecule has 1 aliphatic rings. The third-order valence-corrected chi connectivity index (χ3v) is 8.44. The average Bonchev–Trinajstić information content (AvgIpc) is 3.23. The zero-order valence-electron chi connectivity index (χ0n) is 16.4. The molecule has 4 rings (SSSR count). The van der Waals surface area contributed by atoms with Crippen molar-refractivity contribution >= 4 is 54.0 Å². The van der Waals surface area contributed by atoms with Gasteiger partial charge in [-0.05, 0) is 36.4 Å². The Morgan fingerprint density at radius 1 is 1.16 bits per heavy atom. The van der Waals surface area contributed by atoms with Crippen LogP contribution in [-0.2, 0) is 10.0 Å². The molecular weight excluding hydrogens is 529 g/mol. The molecule has 0 bridgehead atoms. The van der Waals surface area contributed by atoms with Crippen LogP contribution in [0.4, 0.5) is 9.52 Å². The Morgan fingerprint density at radius 3 is 2.58 bits per heavy atom. The topological polar surface area (TPSA) is 62.7 Å². The number of nitrogens with zero attached hydrogens (tertiary/aromatic N) is 3. The van der Waals surface area contributed by atoms with Gasteiger partial charge in [0.05, 0.1) is 12.8 Å². The van der Waals surface area contributed by atoms with E-state index in [9.17, 15) is 12.8 Å². The molecule has 6 nitrogen and oxygen atoms in total. The van der Waals surface area contributed by atoms with Gasteiger partial charge in [0, 0.05) is 46.6 Å². The molecule has 1 fully saturated rings. The Hall–Kier alpha value is -1.72. The highest BCUT2D eigenvalue weighted by molar-refractivity contribution is 9.10. The summed E-state index contributed by atoms with van der Waals surface area (Å²) in [5, 5.41) is 2.91. The minimum absolute atomic E-state index is 0.136. The van der Waals surface area contributed by atoms with Crippen LogP contribution < -0.4 is 9.64 Å². The molecule has 1 aromatic heterocycles. The van der Waals surface area contributed by atoms with E-state index in [4.69, 9.17) is 16.3 Å². The summed E-state index contributed by atoms with van der Waals surface area (Å²) in [6, 6.07) is 9.22. The van der Waals surface area contributed by atoms with Crippen LogP contribution in [0.1, 0.15) is 0 Å². The van der Waals surface area contributed by atoms with Gasteiger partial charge in [0.2, 0.25) is 10.0 Å². The molecule has 0 amide bonds. The highest BCUT2D eigenvalue weighted by Gasteiger charge is 2.31. The Balaban J connectivity index is 1.49. The van der Waals surface area contributed by atoms with Crippen LogP contribution in [0.15, 0.2) is 51.1 Å². The maximum absolute atomic E-state index is 13.7. The largest absolute Gasteiger partial charge is 0.495 e. The van der Waals surface area contributed by atoms with Gasteiger partial charge in [0.1, 0.15) is 16.5 Å². The molecule has 0 unspecified atom stereocenters. The summed E-state index contributed by atoms with van der Waals surface area (Å²) in [5.41, 5.74) is 1.24. The lowest BCUT2D eigenvalue weighted by molar-refractivity contribution is 0.374. The molecule has 11 heteroatoms. The van der Waals surface area contributed by atoms with Gasteiger partial charge in [-0.25, -0.2) is 17.8 Å². The van der Waals surface area contributed by atoms with Crippen molar-refractivity contribution < 1.29 is 17.5 Å². The van der Waals surface area contributed by atoms with E-state index in [0.29, 0.717) is 52.7 Å². The van der Waals surface area contributed by atoms with E-state index in [-0.39, 0.29) is 4.90 Å². The molecule has 31 heavy (non-hydrogen) atoms. The third-order valence-electron chi connectivity index (χ3n) is 4.90. The van der Waals surface area contributed by atoms with Crippen molar-refractivity contribution in [2.75, 3.05) is 38.2 Å². The molecule has 2 heterocycles. The van der Waals surface area contributed by atoms with Gasteiger partial charge in [-0.15, -0.1) is 11.3 Å². The predicted molar refractivity (Wildman–Crippen MR) is 124 cm³/mol. The first-order valence-corrected chi connectivity index (χ1v) is 12.8. The van der Waals surface area contributed by atoms with Crippen LogP contribution >= 0.6 is 38.9 Å². The number of hydrogen-bond acceptors (Lipinski definition) is 6. The van der Waals surface area contributed by atoms with Gasteiger partial charge in [-0.1, -0.05) is 27.5 Å². The van der Waals surface area contributed by atoms with Crippen molar-refractivity contribution in [3.8, 4) is 17.0 Å². The van der Waals surface area contributed by atoms with Crippen LogP contribution in [0.2, 0.25) is 5.02 Å². The summed E-state index contributed by atoms with van der Waals surface area (Å²) in [6.45, 7) is 1.62. The second-order valence-electron chi connectivity index (χ2n) is 6.86. The Labute approximate surface area is 197 Å². The molecule has 0 aliphatic carbocycles. The van der Waals surface area contributed by atoms with E-state index >= 15 is 0 Å². The first kappa shape index (κ1) is 22.5. The third kappa shape index (κ3) is 4.73. The summed E-state index contributed by atoms with van der Waals surface area (Å²) in [5.74, 6) is -0.109. The Morgan fingerprint density at radius 2 is 1.90 bits per heavy atom. The molecular formula is C20H18BrClFN3O3S2. The van der Waals surface area contributed by atoms with Gasteiger partial charge >= 0.3 is 0 Å². The molecule has 0 radical (unpaired) electrons. The predicted octanol–water partition coefficient (Wildman–Crippen LogP) is 4.88. The summed E-state index contributed by atoms with van der Waals surface area (Å²) in [6.07, 6.45) is 0. The van der Waals surface area contributed by atoms with Gasteiger partial charge in [-0.2, -0.15) is 4.31 Å². The number of piperazine rings is 1. The molecule has 1 saturated heterocycles. The first-order valence-electron chi connectivity index (χ1n) is 9.28. The number of aromatic nitrogens is 1. The van der Waals surface area contributed by atoms with Crippen LogP contribution in [0.25, 0.3) is 11.3 Å². The van der Waals surface area contributed by atoms with Crippen LogP contribution in [0, 0.1) is 5.82 Å².